The molecule has 1 heterocycles. The Hall–Kier alpha value is -1.81. The molecule has 0 radical (unpaired) electrons. The predicted molar refractivity (Wildman–Crippen MR) is 101 cm³/mol. The monoisotopic (exact) mass is 342 g/mol. The summed E-state index contributed by atoms with van der Waals surface area (Å²) in [5.41, 5.74) is 3.67. The summed E-state index contributed by atoms with van der Waals surface area (Å²) in [6.45, 7) is 2.93. The lowest BCUT2D eigenvalue weighted by Gasteiger charge is -2.33. The molecule has 0 saturated carbocycles. The van der Waals surface area contributed by atoms with E-state index in [0.29, 0.717) is 25.5 Å². The summed E-state index contributed by atoms with van der Waals surface area (Å²) in [6, 6.07) is 8.50. The highest BCUT2D eigenvalue weighted by molar-refractivity contribution is 5.78. The molecule has 1 aliphatic heterocycles. The van der Waals surface area contributed by atoms with Gasteiger partial charge in [0.2, 0.25) is 5.91 Å². The van der Waals surface area contributed by atoms with Gasteiger partial charge in [0.25, 0.3) is 0 Å². The molecular formula is C21H30N2O2. The van der Waals surface area contributed by atoms with Crippen LogP contribution < -0.4 is 10.2 Å². The fourth-order valence-electron chi connectivity index (χ4n) is 3.73. The lowest BCUT2D eigenvalue weighted by molar-refractivity contribution is -0.120. The molecule has 25 heavy (non-hydrogen) atoms. The molecule has 4 nitrogen and oxygen atoms in total. The molecule has 0 spiro atoms. The quantitative estimate of drug-likeness (QED) is 0.779. The molecular weight excluding hydrogens is 312 g/mol. The topological polar surface area (TPSA) is 52.6 Å². The van der Waals surface area contributed by atoms with Crippen molar-refractivity contribution in [2.24, 2.45) is 5.92 Å². The van der Waals surface area contributed by atoms with Gasteiger partial charge in [-0.05, 0) is 62.1 Å². The SMILES string of the molecule is O=C(CC1=CCCCC1)NCc1ccc(N2CCC(CO)CC2)cc1. The zero-order chi connectivity index (χ0) is 17.5. The summed E-state index contributed by atoms with van der Waals surface area (Å²) in [5, 5.41) is 12.3. The Kier molecular flexibility index (Phi) is 6.51. The van der Waals surface area contributed by atoms with Gasteiger partial charge < -0.3 is 15.3 Å². The first-order valence-electron chi connectivity index (χ1n) is 9.64. The van der Waals surface area contributed by atoms with Crippen LogP contribution in [0.25, 0.3) is 0 Å². The number of nitrogens with zero attached hydrogens (tertiary/aromatic N) is 1. The Balaban J connectivity index is 1.44. The van der Waals surface area contributed by atoms with Gasteiger partial charge in [-0.2, -0.15) is 0 Å². The van der Waals surface area contributed by atoms with Crippen molar-refractivity contribution in [3.05, 3.63) is 41.5 Å². The van der Waals surface area contributed by atoms with Crippen LogP contribution in [0.2, 0.25) is 0 Å². The molecule has 0 bridgehead atoms. The van der Waals surface area contributed by atoms with Crippen molar-refractivity contribution >= 4 is 11.6 Å². The van der Waals surface area contributed by atoms with Crippen LogP contribution in [0, 0.1) is 5.92 Å². The number of rotatable bonds is 6. The van der Waals surface area contributed by atoms with E-state index in [9.17, 15) is 9.90 Å². The number of carbonyl (C=O) groups excluding carboxylic acids is 1. The molecule has 1 aromatic rings. The van der Waals surface area contributed by atoms with Crippen LogP contribution in [-0.4, -0.2) is 30.7 Å². The lowest BCUT2D eigenvalue weighted by Crippen LogP contribution is -2.34. The van der Waals surface area contributed by atoms with Crippen molar-refractivity contribution in [1.82, 2.24) is 5.32 Å². The number of hydrogen-bond donors (Lipinski definition) is 2. The summed E-state index contributed by atoms with van der Waals surface area (Å²) >= 11 is 0. The van der Waals surface area contributed by atoms with Gasteiger partial charge in [0, 0.05) is 38.3 Å². The van der Waals surface area contributed by atoms with Crippen molar-refractivity contribution in [2.45, 2.75) is 51.5 Å². The Morgan fingerprint density at radius 2 is 1.92 bits per heavy atom. The highest BCUT2D eigenvalue weighted by atomic mass is 16.3. The molecule has 2 aliphatic rings. The predicted octanol–water partition coefficient (Wildman–Crippen LogP) is 3.40. The first-order chi connectivity index (χ1) is 12.2. The maximum Gasteiger partial charge on any atom is 0.224 e. The highest BCUT2D eigenvalue weighted by Gasteiger charge is 2.18. The minimum absolute atomic E-state index is 0.128. The smallest absolute Gasteiger partial charge is 0.224 e. The number of amides is 1. The number of aliphatic hydroxyl groups is 1. The minimum Gasteiger partial charge on any atom is -0.396 e. The third-order valence-corrected chi connectivity index (χ3v) is 5.44. The van der Waals surface area contributed by atoms with Gasteiger partial charge in [-0.1, -0.05) is 23.8 Å². The first-order valence-corrected chi connectivity index (χ1v) is 9.64. The van der Waals surface area contributed by atoms with E-state index in [1.165, 1.54) is 24.1 Å². The van der Waals surface area contributed by atoms with Crippen LogP contribution >= 0.6 is 0 Å². The second-order valence-corrected chi connectivity index (χ2v) is 7.34. The van der Waals surface area contributed by atoms with Crippen LogP contribution in [0.3, 0.4) is 0 Å². The Morgan fingerprint density at radius 1 is 1.16 bits per heavy atom. The molecule has 1 amide bonds. The average Bonchev–Trinajstić information content (AvgIpc) is 2.68. The molecule has 4 heteroatoms. The van der Waals surface area contributed by atoms with Crippen LogP contribution in [0.1, 0.15) is 50.5 Å². The van der Waals surface area contributed by atoms with Crippen molar-refractivity contribution in [2.75, 3.05) is 24.6 Å². The number of hydrogen-bond acceptors (Lipinski definition) is 3. The maximum atomic E-state index is 12.1. The number of allylic oxidation sites excluding steroid dienone is 1. The van der Waals surface area contributed by atoms with E-state index in [1.807, 2.05) is 0 Å². The zero-order valence-corrected chi connectivity index (χ0v) is 15.0. The van der Waals surface area contributed by atoms with E-state index in [1.54, 1.807) is 0 Å². The summed E-state index contributed by atoms with van der Waals surface area (Å²) in [5.74, 6) is 0.591. The number of aliphatic hydroxyl groups excluding tert-OH is 1. The van der Waals surface area contributed by atoms with Crippen LogP contribution in [0.15, 0.2) is 35.9 Å². The Morgan fingerprint density at radius 3 is 2.56 bits per heavy atom. The average molecular weight is 342 g/mol. The number of benzene rings is 1. The van der Waals surface area contributed by atoms with E-state index in [0.717, 1.165) is 44.3 Å². The molecule has 136 valence electrons. The van der Waals surface area contributed by atoms with Gasteiger partial charge in [0.05, 0.1) is 0 Å². The van der Waals surface area contributed by atoms with Crippen molar-refractivity contribution < 1.29 is 9.90 Å². The number of anilines is 1. The normalized spacial score (nSPS) is 18.8. The van der Waals surface area contributed by atoms with E-state index < -0.39 is 0 Å². The van der Waals surface area contributed by atoms with Crippen LogP contribution in [0.5, 0.6) is 0 Å². The molecule has 1 saturated heterocycles. The van der Waals surface area contributed by atoms with Gasteiger partial charge >= 0.3 is 0 Å². The lowest BCUT2D eigenvalue weighted by atomic mass is 9.97. The number of nitrogens with one attached hydrogen (secondary N) is 1. The van der Waals surface area contributed by atoms with E-state index in [4.69, 9.17) is 0 Å². The van der Waals surface area contributed by atoms with Crippen molar-refractivity contribution in [3.63, 3.8) is 0 Å². The molecule has 1 fully saturated rings. The molecule has 2 N–H and O–H groups in total. The highest BCUT2D eigenvalue weighted by Crippen LogP contribution is 2.23. The largest absolute Gasteiger partial charge is 0.396 e. The Bertz CT molecular complexity index is 586. The van der Waals surface area contributed by atoms with E-state index in [2.05, 4.69) is 40.6 Å². The van der Waals surface area contributed by atoms with Gasteiger partial charge in [0.1, 0.15) is 0 Å². The second kappa shape index (κ2) is 9.04. The van der Waals surface area contributed by atoms with Crippen LogP contribution in [-0.2, 0) is 11.3 Å². The van der Waals surface area contributed by atoms with E-state index in [-0.39, 0.29) is 5.91 Å². The standard InChI is InChI=1S/C21H30N2O2/c24-16-19-10-12-23(13-11-19)20-8-6-18(7-9-20)15-22-21(25)14-17-4-2-1-3-5-17/h4,6-9,19,24H,1-3,5,10-16H2,(H,22,25). The fourth-order valence-corrected chi connectivity index (χ4v) is 3.73. The molecule has 0 aromatic heterocycles. The molecule has 1 aliphatic carbocycles. The summed E-state index contributed by atoms with van der Waals surface area (Å²) in [6.07, 6.45) is 9.59. The number of carbonyl (C=O) groups is 1. The van der Waals surface area contributed by atoms with Gasteiger partial charge in [-0.3, -0.25) is 4.79 Å². The van der Waals surface area contributed by atoms with Crippen molar-refractivity contribution in [3.8, 4) is 0 Å². The summed E-state index contributed by atoms with van der Waals surface area (Å²) in [4.78, 5) is 14.5. The first kappa shape index (κ1) is 18.0. The molecule has 3 rings (SSSR count). The second-order valence-electron chi connectivity index (χ2n) is 7.34. The third kappa shape index (κ3) is 5.33. The van der Waals surface area contributed by atoms with Crippen molar-refractivity contribution in [1.29, 1.82) is 0 Å². The zero-order valence-electron chi connectivity index (χ0n) is 15.0. The van der Waals surface area contributed by atoms with Gasteiger partial charge in [0.15, 0.2) is 0 Å². The molecule has 0 atom stereocenters. The van der Waals surface area contributed by atoms with Crippen LogP contribution in [0.4, 0.5) is 5.69 Å². The summed E-state index contributed by atoms with van der Waals surface area (Å²) in [7, 11) is 0. The third-order valence-electron chi connectivity index (χ3n) is 5.44. The van der Waals surface area contributed by atoms with Gasteiger partial charge in [-0.25, -0.2) is 0 Å². The summed E-state index contributed by atoms with van der Waals surface area (Å²) < 4.78 is 0. The Labute approximate surface area is 150 Å². The fraction of sp³-hybridized carbons (Fsp3) is 0.571. The minimum atomic E-state index is 0.128. The van der Waals surface area contributed by atoms with E-state index >= 15 is 0 Å². The number of piperidine rings is 1. The molecule has 1 aromatic carbocycles. The van der Waals surface area contributed by atoms with Gasteiger partial charge in [-0.15, -0.1) is 0 Å². The molecule has 0 unspecified atom stereocenters. The maximum absolute atomic E-state index is 12.1.